The van der Waals surface area contributed by atoms with Gasteiger partial charge in [-0.3, -0.25) is 14.3 Å². The van der Waals surface area contributed by atoms with E-state index in [1.165, 1.54) is 22.8 Å². The first-order valence-corrected chi connectivity index (χ1v) is 10.1. The van der Waals surface area contributed by atoms with E-state index in [0.29, 0.717) is 34.3 Å². The van der Waals surface area contributed by atoms with E-state index in [2.05, 4.69) is 15.2 Å². The molecule has 2 heterocycles. The van der Waals surface area contributed by atoms with Crippen LogP contribution in [0.15, 0.2) is 41.2 Å². The van der Waals surface area contributed by atoms with Gasteiger partial charge < -0.3 is 15.2 Å². The minimum atomic E-state index is -0.504. The summed E-state index contributed by atoms with van der Waals surface area (Å²) < 4.78 is 21.0. The van der Waals surface area contributed by atoms with Crippen molar-refractivity contribution in [1.82, 2.24) is 19.8 Å². The van der Waals surface area contributed by atoms with Crippen LogP contribution in [0.2, 0.25) is 5.02 Å². The smallest absolute Gasteiger partial charge is 0.266 e. The van der Waals surface area contributed by atoms with E-state index in [4.69, 9.17) is 21.4 Å². The summed E-state index contributed by atoms with van der Waals surface area (Å²) in [5.41, 5.74) is 0.497. The third-order valence-corrected chi connectivity index (χ3v) is 5.22. The van der Waals surface area contributed by atoms with Crippen LogP contribution in [0, 0.1) is 5.82 Å². The SMILES string of the molecule is O=c1c2cc(F)ccc2nc(CN2CCNCC2)n1-c1ccc(Cl)cc1OCCO. The number of aliphatic hydroxyl groups excluding tert-OH is 1. The predicted molar refractivity (Wildman–Crippen MR) is 113 cm³/mol. The first-order chi connectivity index (χ1) is 14.6. The molecule has 0 bridgehead atoms. The fraction of sp³-hybridized carbons (Fsp3) is 0.333. The Hall–Kier alpha value is -2.52. The maximum absolute atomic E-state index is 13.9. The van der Waals surface area contributed by atoms with E-state index in [1.807, 2.05) is 0 Å². The number of rotatable bonds is 6. The van der Waals surface area contributed by atoms with Gasteiger partial charge in [0.1, 0.15) is 24.0 Å². The monoisotopic (exact) mass is 432 g/mol. The Kier molecular flexibility index (Phi) is 6.29. The lowest BCUT2D eigenvalue weighted by molar-refractivity contribution is 0.200. The number of aliphatic hydroxyl groups is 1. The molecule has 0 unspecified atom stereocenters. The number of nitrogens with one attached hydrogen (secondary N) is 1. The lowest BCUT2D eigenvalue weighted by Gasteiger charge is -2.28. The number of halogens is 2. The molecule has 7 nitrogen and oxygen atoms in total. The van der Waals surface area contributed by atoms with Gasteiger partial charge in [-0.25, -0.2) is 9.37 Å². The van der Waals surface area contributed by atoms with Crippen LogP contribution < -0.4 is 15.6 Å². The van der Waals surface area contributed by atoms with Gasteiger partial charge in [-0.15, -0.1) is 0 Å². The van der Waals surface area contributed by atoms with Crippen LogP contribution in [0.5, 0.6) is 5.75 Å². The van der Waals surface area contributed by atoms with Crippen molar-refractivity contribution >= 4 is 22.5 Å². The standard InChI is InChI=1S/C21H22ClFN4O3/c22-14-1-4-18(19(11-14)30-10-9-28)27-20(13-26-7-5-24-6-8-26)25-17-3-2-15(23)12-16(17)21(27)29/h1-4,11-12,24,28H,5-10,13H2. The van der Waals surface area contributed by atoms with Crippen molar-refractivity contribution in [2.75, 3.05) is 39.4 Å². The Balaban J connectivity index is 1.91. The van der Waals surface area contributed by atoms with Crippen LogP contribution >= 0.6 is 11.6 Å². The van der Waals surface area contributed by atoms with E-state index in [0.717, 1.165) is 26.2 Å². The molecule has 9 heteroatoms. The summed E-state index contributed by atoms with van der Waals surface area (Å²) in [4.78, 5) is 20.3. The quantitative estimate of drug-likeness (QED) is 0.620. The van der Waals surface area contributed by atoms with E-state index in [1.54, 1.807) is 18.2 Å². The van der Waals surface area contributed by atoms with Crippen LogP contribution in [0.25, 0.3) is 16.6 Å². The Morgan fingerprint density at radius 3 is 2.77 bits per heavy atom. The molecule has 1 aromatic heterocycles. The molecule has 1 aliphatic rings. The molecule has 0 radical (unpaired) electrons. The number of ether oxygens (including phenoxy) is 1. The van der Waals surface area contributed by atoms with Crippen molar-refractivity contribution < 1.29 is 14.2 Å². The highest BCUT2D eigenvalue weighted by Crippen LogP contribution is 2.28. The Labute approximate surface area is 177 Å². The number of nitrogens with zero attached hydrogens (tertiary/aromatic N) is 3. The summed E-state index contributed by atoms with van der Waals surface area (Å²) in [6.07, 6.45) is 0. The zero-order valence-corrected chi connectivity index (χ0v) is 17.0. The fourth-order valence-corrected chi connectivity index (χ4v) is 3.73. The molecule has 3 aromatic rings. The van der Waals surface area contributed by atoms with E-state index < -0.39 is 5.82 Å². The summed E-state index contributed by atoms with van der Waals surface area (Å²) >= 11 is 6.12. The van der Waals surface area contributed by atoms with Crippen LogP contribution in [0.3, 0.4) is 0 Å². The third kappa shape index (κ3) is 4.32. The Bertz CT molecular complexity index is 1120. The second-order valence-corrected chi connectivity index (χ2v) is 7.48. The van der Waals surface area contributed by atoms with Crippen LogP contribution in [0.4, 0.5) is 4.39 Å². The van der Waals surface area contributed by atoms with Gasteiger partial charge in [-0.2, -0.15) is 0 Å². The largest absolute Gasteiger partial charge is 0.489 e. The highest BCUT2D eigenvalue weighted by Gasteiger charge is 2.20. The number of fused-ring (bicyclic) bond motifs is 1. The number of hydrogen-bond acceptors (Lipinski definition) is 6. The van der Waals surface area contributed by atoms with Crippen molar-refractivity contribution in [3.63, 3.8) is 0 Å². The van der Waals surface area contributed by atoms with Crippen molar-refractivity contribution in [3.8, 4) is 11.4 Å². The highest BCUT2D eigenvalue weighted by molar-refractivity contribution is 6.30. The van der Waals surface area contributed by atoms with Crippen molar-refractivity contribution in [1.29, 1.82) is 0 Å². The summed E-state index contributed by atoms with van der Waals surface area (Å²) in [5, 5.41) is 13.1. The molecule has 1 aliphatic heterocycles. The second kappa shape index (κ2) is 9.09. The van der Waals surface area contributed by atoms with Crippen LogP contribution in [-0.2, 0) is 6.54 Å². The molecular weight excluding hydrogens is 411 g/mol. The molecule has 4 rings (SSSR count). The van der Waals surface area contributed by atoms with Gasteiger partial charge in [0.15, 0.2) is 0 Å². The molecule has 0 spiro atoms. The second-order valence-electron chi connectivity index (χ2n) is 7.04. The molecule has 2 aromatic carbocycles. The van der Waals surface area contributed by atoms with Crippen molar-refractivity contribution in [3.05, 3.63) is 63.4 Å². The van der Waals surface area contributed by atoms with Crippen LogP contribution in [-0.4, -0.2) is 59.0 Å². The Morgan fingerprint density at radius 1 is 1.20 bits per heavy atom. The average Bonchev–Trinajstić information content (AvgIpc) is 2.75. The van der Waals surface area contributed by atoms with Gasteiger partial charge in [0.25, 0.3) is 5.56 Å². The summed E-state index contributed by atoms with van der Waals surface area (Å²) in [6, 6.07) is 8.92. The highest BCUT2D eigenvalue weighted by atomic mass is 35.5. The molecule has 2 N–H and O–H groups in total. The lowest BCUT2D eigenvalue weighted by atomic mass is 10.2. The first kappa shape index (κ1) is 20.7. The molecular formula is C21H22ClFN4O3. The molecule has 30 heavy (non-hydrogen) atoms. The van der Waals surface area contributed by atoms with Gasteiger partial charge in [-0.1, -0.05) is 11.6 Å². The fourth-order valence-electron chi connectivity index (χ4n) is 3.57. The van der Waals surface area contributed by atoms with E-state index in [-0.39, 0.29) is 24.2 Å². The van der Waals surface area contributed by atoms with Crippen molar-refractivity contribution in [2.24, 2.45) is 0 Å². The van der Waals surface area contributed by atoms with Crippen LogP contribution in [0.1, 0.15) is 5.82 Å². The molecule has 1 fully saturated rings. The zero-order valence-electron chi connectivity index (χ0n) is 16.3. The third-order valence-electron chi connectivity index (χ3n) is 4.99. The lowest BCUT2D eigenvalue weighted by Crippen LogP contribution is -2.44. The summed E-state index contributed by atoms with van der Waals surface area (Å²) in [6.45, 7) is 3.67. The van der Waals surface area contributed by atoms with E-state index in [9.17, 15) is 9.18 Å². The Morgan fingerprint density at radius 2 is 2.00 bits per heavy atom. The van der Waals surface area contributed by atoms with Gasteiger partial charge in [0.05, 0.1) is 29.7 Å². The number of piperazine rings is 1. The van der Waals surface area contributed by atoms with Gasteiger partial charge in [0, 0.05) is 37.3 Å². The average molecular weight is 433 g/mol. The minimum Gasteiger partial charge on any atom is -0.489 e. The van der Waals surface area contributed by atoms with Gasteiger partial charge in [0.2, 0.25) is 0 Å². The number of benzene rings is 2. The molecule has 0 atom stereocenters. The normalized spacial score (nSPS) is 14.9. The number of aromatic nitrogens is 2. The van der Waals surface area contributed by atoms with Gasteiger partial charge in [-0.05, 0) is 30.3 Å². The summed E-state index contributed by atoms with van der Waals surface area (Å²) in [5.74, 6) is 0.366. The minimum absolute atomic E-state index is 0.0465. The summed E-state index contributed by atoms with van der Waals surface area (Å²) in [7, 11) is 0. The molecule has 0 aliphatic carbocycles. The molecule has 1 saturated heterocycles. The predicted octanol–water partition coefficient (Wildman–Crippen LogP) is 1.95. The van der Waals surface area contributed by atoms with Gasteiger partial charge >= 0.3 is 0 Å². The number of hydrogen-bond donors (Lipinski definition) is 2. The zero-order chi connectivity index (χ0) is 21.1. The van der Waals surface area contributed by atoms with Crippen molar-refractivity contribution in [2.45, 2.75) is 6.54 Å². The molecule has 158 valence electrons. The first-order valence-electron chi connectivity index (χ1n) is 9.74. The topological polar surface area (TPSA) is 79.6 Å². The van der Waals surface area contributed by atoms with E-state index >= 15 is 0 Å². The molecule has 0 amide bonds. The maximum atomic E-state index is 13.9. The molecule has 0 saturated carbocycles. The maximum Gasteiger partial charge on any atom is 0.266 e.